The normalized spacial score (nSPS) is 21.7. The van der Waals surface area contributed by atoms with Crippen LogP contribution in [-0.2, 0) is 14.6 Å². The van der Waals surface area contributed by atoms with Crippen LogP contribution in [0.2, 0.25) is 0 Å². The number of nitrogens with one attached hydrogen (secondary N) is 1. The predicted octanol–water partition coefficient (Wildman–Crippen LogP) is 3.92. The van der Waals surface area contributed by atoms with Crippen LogP contribution in [0.3, 0.4) is 0 Å². The monoisotopic (exact) mass is 525 g/mol. The molecule has 10 heteroatoms. The summed E-state index contributed by atoms with van der Waals surface area (Å²) in [5, 5.41) is 3.39. The minimum Gasteiger partial charge on any atom is -0.325 e. The Kier molecular flexibility index (Phi) is 6.15. The summed E-state index contributed by atoms with van der Waals surface area (Å²) in [7, 11) is -3.24. The Morgan fingerprint density at radius 2 is 1.97 bits per heavy atom. The summed E-state index contributed by atoms with van der Waals surface area (Å²) in [6, 6.07) is 9.49. The maximum atomic E-state index is 14.7. The third-order valence-corrected chi connectivity index (χ3v) is 8.51. The number of carbonyl (C=O) groups excluding carboxylic acids is 1. The number of aryl methyl sites for hydroxylation is 2. The minimum atomic E-state index is -3.24. The van der Waals surface area contributed by atoms with E-state index in [0.29, 0.717) is 9.64 Å². The van der Waals surface area contributed by atoms with E-state index in [9.17, 15) is 17.6 Å². The summed E-state index contributed by atoms with van der Waals surface area (Å²) in [4.78, 5) is 18.8. The van der Waals surface area contributed by atoms with Crippen LogP contribution in [0.4, 0.5) is 15.8 Å². The molecular weight excluding hydrogens is 505 g/mol. The molecule has 2 aliphatic heterocycles. The van der Waals surface area contributed by atoms with Crippen LogP contribution in [0.1, 0.15) is 11.1 Å². The Labute approximate surface area is 193 Å². The van der Waals surface area contributed by atoms with Crippen molar-refractivity contribution in [3.8, 4) is 0 Å². The molecule has 0 aromatic heterocycles. The number of halogens is 2. The number of para-hydroxylation sites is 1. The molecule has 1 N–H and O–H groups in total. The lowest BCUT2D eigenvalue weighted by atomic mass is 10.1. The largest absolute Gasteiger partial charge is 0.325 e. The third kappa shape index (κ3) is 4.65. The SMILES string of the molecule is Cc1cccc(C)c1NC(=O)CSC1=NC2CS(=O)(=O)CC2N1c1ccc(Br)cc1F. The maximum Gasteiger partial charge on any atom is 0.234 e. The van der Waals surface area contributed by atoms with Crippen molar-refractivity contribution in [3.05, 3.63) is 57.8 Å². The Morgan fingerprint density at radius 3 is 2.65 bits per heavy atom. The van der Waals surface area contributed by atoms with Crippen molar-refractivity contribution >= 4 is 60.0 Å². The molecule has 4 rings (SSSR count). The Bertz CT molecular complexity index is 1170. The molecule has 1 amide bonds. The van der Waals surface area contributed by atoms with Crippen molar-refractivity contribution < 1.29 is 17.6 Å². The third-order valence-electron chi connectivity index (χ3n) is 5.35. The molecule has 0 radical (unpaired) electrons. The molecule has 2 aliphatic rings. The van der Waals surface area contributed by atoms with E-state index >= 15 is 0 Å². The molecule has 2 atom stereocenters. The fraction of sp³-hybridized carbons (Fsp3) is 0.333. The molecule has 2 aromatic rings. The zero-order chi connectivity index (χ0) is 22.3. The van der Waals surface area contributed by atoms with E-state index in [2.05, 4.69) is 26.2 Å². The average molecular weight is 526 g/mol. The molecule has 31 heavy (non-hydrogen) atoms. The van der Waals surface area contributed by atoms with Crippen molar-refractivity contribution in [2.45, 2.75) is 25.9 Å². The summed E-state index contributed by atoms with van der Waals surface area (Å²) >= 11 is 4.43. The van der Waals surface area contributed by atoms with Crippen LogP contribution < -0.4 is 10.2 Å². The lowest BCUT2D eigenvalue weighted by Gasteiger charge is -2.26. The first-order chi connectivity index (χ1) is 14.6. The lowest BCUT2D eigenvalue weighted by Crippen LogP contribution is -2.40. The lowest BCUT2D eigenvalue weighted by molar-refractivity contribution is -0.113. The van der Waals surface area contributed by atoms with Gasteiger partial charge >= 0.3 is 0 Å². The van der Waals surface area contributed by atoms with E-state index in [1.54, 1.807) is 17.0 Å². The van der Waals surface area contributed by atoms with Crippen molar-refractivity contribution in [2.75, 3.05) is 27.5 Å². The molecule has 164 valence electrons. The standard InChI is InChI=1S/C21H21BrFN3O3S2/c1-12-4-3-5-13(2)20(12)25-19(27)9-30-21-24-16-10-31(28,29)11-18(16)26(21)17-7-6-14(22)8-15(17)23/h3-8,16,18H,9-11H2,1-2H3,(H,25,27). The Balaban J connectivity index is 1.55. The van der Waals surface area contributed by atoms with Gasteiger partial charge in [-0.15, -0.1) is 0 Å². The van der Waals surface area contributed by atoms with Gasteiger partial charge < -0.3 is 10.2 Å². The number of nitrogens with zero attached hydrogens (tertiary/aromatic N) is 2. The average Bonchev–Trinajstić information content (AvgIpc) is 3.15. The van der Waals surface area contributed by atoms with Gasteiger partial charge in [0.25, 0.3) is 0 Å². The fourth-order valence-electron chi connectivity index (χ4n) is 3.91. The highest BCUT2D eigenvalue weighted by Gasteiger charge is 2.47. The zero-order valence-electron chi connectivity index (χ0n) is 16.9. The first-order valence-corrected chi connectivity index (χ1v) is 13.3. The predicted molar refractivity (Wildman–Crippen MR) is 127 cm³/mol. The van der Waals surface area contributed by atoms with Gasteiger partial charge in [0.1, 0.15) is 5.82 Å². The van der Waals surface area contributed by atoms with E-state index in [1.807, 2.05) is 32.0 Å². The van der Waals surface area contributed by atoms with E-state index in [4.69, 9.17) is 0 Å². The summed E-state index contributed by atoms with van der Waals surface area (Å²) in [5.74, 6) is -0.757. The maximum absolute atomic E-state index is 14.7. The second kappa shape index (κ2) is 8.55. The molecule has 2 unspecified atom stereocenters. The van der Waals surface area contributed by atoms with Crippen LogP contribution in [0.25, 0.3) is 0 Å². The number of benzene rings is 2. The number of amidine groups is 1. The van der Waals surface area contributed by atoms with Gasteiger partial charge in [-0.3, -0.25) is 9.79 Å². The Hall–Kier alpha value is -1.91. The molecular formula is C21H21BrFN3O3S2. The number of carbonyl (C=O) groups is 1. The molecule has 1 saturated heterocycles. The number of sulfone groups is 1. The first kappa shape index (κ1) is 22.3. The fourth-order valence-corrected chi connectivity index (χ4v) is 7.00. The van der Waals surface area contributed by atoms with Gasteiger partial charge in [-0.05, 0) is 43.2 Å². The van der Waals surface area contributed by atoms with Crippen molar-refractivity contribution in [1.29, 1.82) is 0 Å². The summed E-state index contributed by atoms with van der Waals surface area (Å²) < 4.78 is 39.6. The highest BCUT2D eigenvalue weighted by Crippen LogP contribution is 2.37. The zero-order valence-corrected chi connectivity index (χ0v) is 20.2. The molecule has 1 fully saturated rings. The van der Waals surface area contributed by atoms with Crippen molar-refractivity contribution in [1.82, 2.24) is 0 Å². The van der Waals surface area contributed by atoms with Crippen molar-refractivity contribution in [2.24, 2.45) is 4.99 Å². The molecule has 2 aromatic carbocycles. The van der Waals surface area contributed by atoms with E-state index in [0.717, 1.165) is 16.8 Å². The van der Waals surface area contributed by atoms with Crippen LogP contribution in [0, 0.1) is 19.7 Å². The van der Waals surface area contributed by atoms with Crippen LogP contribution in [-0.4, -0.2) is 48.8 Å². The van der Waals surface area contributed by atoms with Gasteiger partial charge in [0.15, 0.2) is 15.0 Å². The second-order valence-corrected chi connectivity index (χ2v) is 11.7. The molecule has 6 nitrogen and oxygen atoms in total. The van der Waals surface area contributed by atoms with Crippen LogP contribution in [0.5, 0.6) is 0 Å². The summed E-state index contributed by atoms with van der Waals surface area (Å²) in [5.41, 5.74) is 2.97. The number of aliphatic imine (C=N–C) groups is 1. The number of hydrogen-bond donors (Lipinski definition) is 1. The summed E-state index contributed by atoms with van der Waals surface area (Å²) in [6.45, 7) is 3.85. The number of rotatable bonds is 4. The molecule has 0 saturated carbocycles. The van der Waals surface area contributed by atoms with Gasteiger partial charge in [-0.1, -0.05) is 45.9 Å². The molecule has 0 spiro atoms. The summed E-state index contributed by atoms with van der Waals surface area (Å²) in [6.07, 6.45) is 0. The smallest absolute Gasteiger partial charge is 0.234 e. The van der Waals surface area contributed by atoms with Gasteiger partial charge in [-0.25, -0.2) is 12.8 Å². The first-order valence-electron chi connectivity index (χ1n) is 9.66. The number of amides is 1. The van der Waals surface area contributed by atoms with E-state index in [-0.39, 0.29) is 28.9 Å². The van der Waals surface area contributed by atoms with Gasteiger partial charge in [0, 0.05) is 10.2 Å². The van der Waals surface area contributed by atoms with Crippen LogP contribution >= 0.6 is 27.7 Å². The van der Waals surface area contributed by atoms with Gasteiger partial charge in [0.05, 0.1) is 35.0 Å². The van der Waals surface area contributed by atoms with E-state index in [1.165, 1.54) is 17.8 Å². The van der Waals surface area contributed by atoms with Crippen LogP contribution in [0.15, 0.2) is 45.9 Å². The number of thioether (sulfide) groups is 1. The second-order valence-electron chi connectivity index (χ2n) is 7.69. The van der Waals surface area contributed by atoms with E-state index < -0.39 is 27.7 Å². The molecule has 2 heterocycles. The highest BCUT2D eigenvalue weighted by atomic mass is 79.9. The highest BCUT2D eigenvalue weighted by molar-refractivity contribution is 9.10. The number of hydrogen-bond acceptors (Lipinski definition) is 6. The molecule has 0 bridgehead atoms. The number of fused-ring (bicyclic) bond motifs is 1. The quantitative estimate of drug-likeness (QED) is 0.654. The minimum absolute atomic E-state index is 0.0645. The topological polar surface area (TPSA) is 78.8 Å². The molecule has 0 aliphatic carbocycles. The Morgan fingerprint density at radius 1 is 1.26 bits per heavy atom. The number of anilines is 2. The van der Waals surface area contributed by atoms with Gasteiger partial charge in [-0.2, -0.15) is 0 Å². The van der Waals surface area contributed by atoms with Crippen molar-refractivity contribution in [3.63, 3.8) is 0 Å². The van der Waals surface area contributed by atoms with Gasteiger partial charge in [0.2, 0.25) is 5.91 Å².